The Morgan fingerprint density at radius 1 is 1.05 bits per heavy atom. The summed E-state index contributed by atoms with van der Waals surface area (Å²) < 4.78 is 5.82. The van der Waals surface area contributed by atoms with E-state index in [1.54, 1.807) is 0 Å². The molecule has 2 aromatic carbocycles. The van der Waals surface area contributed by atoms with E-state index in [9.17, 15) is 0 Å². The Hall–Kier alpha value is -1.64. The molecule has 0 spiro atoms. The van der Waals surface area contributed by atoms with Gasteiger partial charge >= 0.3 is 0 Å². The molecule has 20 heavy (non-hydrogen) atoms. The molecule has 0 bridgehead atoms. The van der Waals surface area contributed by atoms with Crippen molar-refractivity contribution in [1.82, 2.24) is 4.90 Å². The average Bonchev–Trinajstić information content (AvgIpc) is 3.28. The van der Waals surface area contributed by atoms with Crippen molar-refractivity contribution in [3.8, 4) is 0 Å². The lowest BCUT2D eigenvalue weighted by atomic mass is 10.1. The van der Waals surface area contributed by atoms with Crippen LogP contribution in [0.3, 0.4) is 0 Å². The molecule has 0 aliphatic carbocycles. The molecule has 0 radical (unpaired) electrons. The van der Waals surface area contributed by atoms with E-state index in [4.69, 9.17) is 4.74 Å². The Kier molecular flexibility index (Phi) is 4.14. The van der Waals surface area contributed by atoms with Gasteiger partial charge in [-0.15, -0.1) is 0 Å². The van der Waals surface area contributed by atoms with Crippen LogP contribution >= 0.6 is 0 Å². The van der Waals surface area contributed by atoms with E-state index in [-0.39, 0.29) is 0 Å². The van der Waals surface area contributed by atoms with Gasteiger partial charge in [-0.1, -0.05) is 60.7 Å². The first-order valence-corrected chi connectivity index (χ1v) is 7.27. The van der Waals surface area contributed by atoms with E-state index in [0.29, 0.717) is 18.7 Å². The van der Waals surface area contributed by atoms with E-state index in [1.807, 2.05) is 6.07 Å². The molecule has 1 saturated heterocycles. The summed E-state index contributed by atoms with van der Waals surface area (Å²) in [4.78, 5) is 2.49. The van der Waals surface area contributed by atoms with Crippen LogP contribution in [0.25, 0.3) is 0 Å². The third-order valence-electron chi connectivity index (χ3n) is 3.96. The molecule has 0 saturated carbocycles. The first-order valence-electron chi connectivity index (χ1n) is 7.27. The molecule has 0 aromatic heterocycles. The third-order valence-corrected chi connectivity index (χ3v) is 3.96. The van der Waals surface area contributed by atoms with Crippen LogP contribution in [0.4, 0.5) is 0 Å². The Balaban J connectivity index is 1.43. The SMILES string of the molecule is C[C@@H](c1ccccc1)N1C[C@H]1COCc1ccccc1. The van der Waals surface area contributed by atoms with E-state index in [1.165, 1.54) is 11.1 Å². The lowest BCUT2D eigenvalue weighted by Gasteiger charge is -2.14. The van der Waals surface area contributed by atoms with Crippen LogP contribution < -0.4 is 0 Å². The summed E-state index contributed by atoms with van der Waals surface area (Å²) in [6.45, 7) is 4.95. The molecule has 104 valence electrons. The van der Waals surface area contributed by atoms with Crippen LogP contribution in [0.1, 0.15) is 24.1 Å². The van der Waals surface area contributed by atoms with Gasteiger partial charge in [-0.25, -0.2) is 0 Å². The summed E-state index contributed by atoms with van der Waals surface area (Å²) >= 11 is 0. The molecule has 1 aliphatic heterocycles. The topological polar surface area (TPSA) is 12.2 Å². The Labute approximate surface area is 121 Å². The van der Waals surface area contributed by atoms with Crippen molar-refractivity contribution in [2.75, 3.05) is 13.2 Å². The molecule has 3 rings (SSSR count). The monoisotopic (exact) mass is 267 g/mol. The van der Waals surface area contributed by atoms with Gasteiger partial charge in [0.05, 0.1) is 13.2 Å². The van der Waals surface area contributed by atoms with Gasteiger partial charge in [-0.3, -0.25) is 4.90 Å². The zero-order valence-corrected chi connectivity index (χ0v) is 11.9. The molecular formula is C18H21NO. The van der Waals surface area contributed by atoms with Crippen LogP contribution in [0.5, 0.6) is 0 Å². The molecule has 1 aliphatic rings. The van der Waals surface area contributed by atoms with Crippen molar-refractivity contribution >= 4 is 0 Å². The van der Waals surface area contributed by atoms with Gasteiger partial charge in [0.25, 0.3) is 0 Å². The van der Waals surface area contributed by atoms with Crippen molar-refractivity contribution in [3.05, 3.63) is 71.8 Å². The normalized spacial score (nSPS) is 22.4. The minimum Gasteiger partial charge on any atom is -0.375 e. The number of nitrogens with zero attached hydrogens (tertiary/aromatic N) is 1. The maximum atomic E-state index is 5.82. The highest BCUT2D eigenvalue weighted by Gasteiger charge is 2.38. The number of hydrogen-bond acceptors (Lipinski definition) is 2. The number of benzene rings is 2. The van der Waals surface area contributed by atoms with Gasteiger partial charge in [0.15, 0.2) is 0 Å². The van der Waals surface area contributed by atoms with Gasteiger partial charge in [0.2, 0.25) is 0 Å². The quantitative estimate of drug-likeness (QED) is 0.741. The van der Waals surface area contributed by atoms with Crippen LogP contribution in [0, 0.1) is 0 Å². The second kappa shape index (κ2) is 6.21. The first kappa shape index (κ1) is 13.3. The number of ether oxygens (including phenoxy) is 1. The van der Waals surface area contributed by atoms with E-state index in [0.717, 1.165) is 13.2 Å². The highest BCUT2D eigenvalue weighted by molar-refractivity contribution is 5.20. The van der Waals surface area contributed by atoms with E-state index < -0.39 is 0 Å². The predicted molar refractivity (Wildman–Crippen MR) is 81.4 cm³/mol. The molecule has 2 nitrogen and oxygen atoms in total. The lowest BCUT2D eigenvalue weighted by molar-refractivity contribution is 0.111. The highest BCUT2D eigenvalue weighted by atomic mass is 16.5. The van der Waals surface area contributed by atoms with E-state index >= 15 is 0 Å². The zero-order valence-electron chi connectivity index (χ0n) is 11.9. The second-order valence-electron chi connectivity index (χ2n) is 5.44. The van der Waals surface area contributed by atoms with Crippen LogP contribution in [0.2, 0.25) is 0 Å². The van der Waals surface area contributed by atoms with Crippen molar-refractivity contribution in [2.24, 2.45) is 0 Å². The average molecular weight is 267 g/mol. The summed E-state index contributed by atoms with van der Waals surface area (Å²) in [5, 5.41) is 0. The summed E-state index contributed by atoms with van der Waals surface area (Å²) in [5.41, 5.74) is 2.63. The molecule has 3 atom stereocenters. The molecule has 0 amide bonds. The molecule has 0 N–H and O–H groups in total. The van der Waals surface area contributed by atoms with Crippen molar-refractivity contribution in [3.63, 3.8) is 0 Å². The summed E-state index contributed by atoms with van der Waals surface area (Å²) in [7, 11) is 0. The van der Waals surface area contributed by atoms with Crippen LogP contribution in [0.15, 0.2) is 60.7 Å². The molecule has 2 aromatic rings. The van der Waals surface area contributed by atoms with Gasteiger partial charge in [0, 0.05) is 18.6 Å². The maximum Gasteiger partial charge on any atom is 0.0717 e. The minimum absolute atomic E-state index is 0.488. The predicted octanol–water partition coefficient (Wildman–Crippen LogP) is 3.65. The molecule has 1 unspecified atom stereocenters. The first-order chi connectivity index (χ1) is 9.84. The van der Waals surface area contributed by atoms with E-state index in [2.05, 4.69) is 66.4 Å². The number of hydrogen-bond donors (Lipinski definition) is 0. The van der Waals surface area contributed by atoms with Gasteiger partial charge in [-0.2, -0.15) is 0 Å². The standard InChI is InChI=1S/C18H21NO/c1-15(17-10-6-3-7-11-17)19-12-18(19)14-20-13-16-8-4-2-5-9-16/h2-11,15,18H,12-14H2,1H3/t15-,18-,19?/m0/s1. The molecule has 2 heteroatoms. The van der Waals surface area contributed by atoms with Crippen molar-refractivity contribution < 1.29 is 4.74 Å². The Morgan fingerprint density at radius 2 is 1.70 bits per heavy atom. The molecular weight excluding hydrogens is 246 g/mol. The van der Waals surface area contributed by atoms with Gasteiger partial charge in [-0.05, 0) is 18.1 Å². The van der Waals surface area contributed by atoms with Gasteiger partial charge in [0.1, 0.15) is 0 Å². The summed E-state index contributed by atoms with van der Waals surface area (Å²) in [5.74, 6) is 0. The Bertz CT molecular complexity index is 526. The maximum absolute atomic E-state index is 5.82. The summed E-state index contributed by atoms with van der Waals surface area (Å²) in [6.07, 6.45) is 0. The largest absolute Gasteiger partial charge is 0.375 e. The van der Waals surface area contributed by atoms with Gasteiger partial charge < -0.3 is 4.74 Å². The third kappa shape index (κ3) is 3.27. The summed E-state index contributed by atoms with van der Waals surface area (Å²) in [6, 6.07) is 22.1. The fraction of sp³-hybridized carbons (Fsp3) is 0.333. The van der Waals surface area contributed by atoms with Crippen molar-refractivity contribution in [2.45, 2.75) is 25.6 Å². The van der Waals surface area contributed by atoms with Crippen LogP contribution in [-0.2, 0) is 11.3 Å². The molecule has 1 heterocycles. The number of rotatable bonds is 6. The fourth-order valence-corrected chi connectivity index (χ4v) is 2.63. The smallest absolute Gasteiger partial charge is 0.0717 e. The zero-order chi connectivity index (χ0) is 13.8. The highest BCUT2D eigenvalue weighted by Crippen LogP contribution is 2.31. The molecule has 1 fully saturated rings. The minimum atomic E-state index is 0.488. The Morgan fingerprint density at radius 3 is 2.40 bits per heavy atom. The lowest BCUT2D eigenvalue weighted by Crippen LogP contribution is -2.12. The fourth-order valence-electron chi connectivity index (χ4n) is 2.63. The van der Waals surface area contributed by atoms with Crippen LogP contribution in [-0.4, -0.2) is 24.1 Å². The second-order valence-corrected chi connectivity index (χ2v) is 5.44. The van der Waals surface area contributed by atoms with Crippen molar-refractivity contribution in [1.29, 1.82) is 0 Å².